The van der Waals surface area contributed by atoms with Crippen molar-refractivity contribution < 1.29 is 4.79 Å². The van der Waals surface area contributed by atoms with Gasteiger partial charge in [0.15, 0.2) is 0 Å². The zero-order valence-corrected chi connectivity index (χ0v) is 12.1. The molecule has 0 saturated heterocycles. The lowest BCUT2D eigenvalue weighted by Gasteiger charge is -2.22. The first kappa shape index (κ1) is 15.7. The molecule has 0 unspecified atom stereocenters. The molecular formula is C15H25N3O. The number of carbonyl (C=O) groups excluding carboxylic acids is 1. The summed E-state index contributed by atoms with van der Waals surface area (Å²) in [5.41, 5.74) is 7.43. The lowest BCUT2D eigenvalue weighted by atomic mass is 10.1. The minimum absolute atomic E-state index is 0.0170. The van der Waals surface area contributed by atoms with Crippen molar-refractivity contribution in [1.82, 2.24) is 4.90 Å². The van der Waals surface area contributed by atoms with Crippen LogP contribution in [-0.2, 0) is 11.3 Å². The molecule has 106 valence electrons. The van der Waals surface area contributed by atoms with Gasteiger partial charge in [-0.1, -0.05) is 39.0 Å². The lowest BCUT2D eigenvalue weighted by molar-refractivity contribution is -0.117. The minimum atomic E-state index is 0.0170. The van der Waals surface area contributed by atoms with Crippen molar-refractivity contribution in [2.75, 3.05) is 25.0 Å². The molecular weight excluding hydrogens is 238 g/mol. The Balaban J connectivity index is 2.59. The molecule has 0 aliphatic heterocycles. The van der Waals surface area contributed by atoms with Gasteiger partial charge in [0.25, 0.3) is 0 Å². The van der Waals surface area contributed by atoms with Crippen LogP contribution in [0, 0.1) is 5.92 Å². The Morgan fingerprint density at radius 2 is 2.05 bits per heavy atom. The number of nitrogens with one attached hydrogen (secondary N) is 1. The Hall–Kier alpha value is -1.39. The van der Waals surface area contributed by atoms with Crippen LogP contribution >= 0.6 is 0 Å². The van der Waals surface area contributed by atoms with Gasteiger partial charge in [-0.05, 0) is 24.1 Å². The van der Waals surface area contributed by atoms with E-state index in [4.69, 9.17) is 5.73 Å². The number of rotatable bonds is 7. The van der Waals surface area contributed by atoms with Gasteiger partial charge in [-0.15, -0.1) is 0 Å². The molecule has 0 aromatic heterocycles. The molecule has 0 aliphatic carbocycles. The number of nitrogens with two attached hydrogens (primary N) is 1. The molecule has 0 saturated carbocycles. The van der Waals surface area contributed by atoms with E-state index >= 15 is 0 Å². The summed E-state index contributed by atoms with van der Waals surface area (Å²) in [6.07, 6.45) is 0. The van der Waals surface area contributed by atoms with Gasteiger partial charge in [0.05, 0.1) is 6.54 Å². The maximum Gasteiger partial charge on any atom is 0.238 e. The molecule has 0 bridgehead atoms. The number of hydrogen-bond donors (Lipinski definition) is 2. The molecule has 0 spiro atoms. The highest BCUT2D eigenvalue weighted by atomic mass is 16.2. The molecule has 1 amide bonds. The summed E-state index contributed by atoms with van der Waals surface area (Å²) in [6, 6.07) is 7.65. The van der Waals surface area contributed by atoms with Crippen molar-refractivity contribution in [1.29, 1.82) is 0 Å². The average Bonchev–Trinajstić information content (AvgIpc) is 2.38. The van der Waals surface area contributed by atoms with Crippen LogP contribution in [-0.4, -0.2) is 30.4 Å². The van der Waals surface area contributed by atoms with E-state index in [1.165, 1.54) is 0 Å². The molecule has 0 heterocycles. The maximum atomic E-state index is 12.0. The van der Waals surface area contributed by atoms with Crippen LogP contribution in [0.2, 0.25) is 0 Å². The van der Waals surface area contributed by atoms with Crippen LogP contribution in [0.15, 0.2) is 24.3 Å². The van der Waals surface area contributed by atoms with E-state index in [1.54, 1.807) is 0 Å². The van der Waals surface area contributed by atoms with Crippen molar-refractivity contribution in [3.63, 3.8) is 0 Å². The fourth-order valence-corrected chi connectivity index (χ4v) is 2.03. The smallest absolute Gasteiger partial charge is 0.238 e. The van der Waals surface area contributed by atoms with Gasteiger partial charge in [-0.3, -0.25) is 9.69 Å². The number of benzene rings is 1. The molecule has 4 nitrogen and oxygen atoms in total. The van der Waals surface area contributed by atoms with Crippen molar-refractivity contribution in [2.24, 2.45) is 11.7 Å². The summed E-state index contributed by atoms with van der Waals surface area (Å²) in [6.45, 7) is 9.05. The maximum absolute atomic E-state index is 12.0. The second kappa shape index (κ2) is 7.92. The monoisotopic (exact) mass is 263 g/mol. The zero-order chi connectivity index (χ0) is 14.3. The van der Waals surface area contributed by atoms with Crippen LogP contribution in [0.3, 0.4) is 0 Å². The number of hydrogen-bond acceptors (Lipinski definition) is 3. The topological polar surface area (TPSA) is 58.4 Å². The first-order valence-electron chi connectivity index (χ1n) is 6.87. The van der Waals surface area contributed by atoms with Crippen LogP contribution in [0.5, 0.6) is 0 Å². The largest absolute Gasteiger partial charge is 0.326 e. The van der Waals surface area contributed by atoms with E-state index < -0.39 is 0 Å². The number of carbonyl (C=O) groups is 1. The second-order valence-corrected chi connectivity index (χ2v) is 5.13. The van der Waals surface area contributed by atoms with Crippen LogP contribution in [0.25, 0.3) is 0 Å². The third-order valence-electron chi connectivity index (χ3n) is 2.95. The van der Waals surface area contributed by atoms with E-state index in [1.807, 2.05) is 24.3 Å². The molecule has 1 rings (SSSR count). The quantitative estimate of drug-likeness (QED) is 0.791. The van der Waals surface area contributed by atoms with E-state index in [0.29, 0.717) is 19.0 Å². The normalized spacial score (nSPS) is 11.1. The Morgan fingerprint density at radius 1 is 1.37 bits per heavy atom. The molecule has 0 radical (unpaired) electrons. The highest BCUT2D eigenvalue weighted by Gasteiger charge is 2.11. The Bertz CT molecular complexity index is 404. The van der Waals surface area contributed by atoms with Gasteiger partial charge >= 0.3 is 0 Å². The van der Waals surface area contributed by atoms with Gasteiger partial charge in [0.2, 0.25) is 5.91 Å². The summed E-state index contributed by atoms with van der Waals surface area (Å²) in [4.78, 5) is 14.2. The van der Waals surface area contributed by atoms with Crippen LogP contribution < -0.4 is 11.1 Å². The molecule has 0 fully saturated rings. The van der Waals surface area contributed by atoms with Gasteiger partial charge in [-0.2, -0.15) is 0 Å². The predicted molar refractivity (Wildman–Crippen MR) is 79.9 cm³/mol. The highest BCUT2D eigenvalue weighted by Crippen LogP contribution is 2.14. The average molecular weight is 263 g/mol. The summed E-state index contributed by atoms with van der Waals surface area (Å²) in [5.74, 6) is 0.576. The molecule has 0 atom stereocenters. The Labute approximate surface area is 116 Å². The summed E-state index contributed by atoms with van der Waals surface area (Å²) in [7, 11) is 0. The zero-order valence-electron chi connectivity index (χ0n) is 12.1. The number of nitrogens with zero attached hydrogens (tertiary/aromatic N) is 1. The highest BCUT2D eigenvalue weighted by molar-refractivity contribution is 5.92. The van der Waals surface area contributed by atoms with Gasteiger partial charge < -0.3 is 11.1 Å². The predicted octanol–water partition coefficient (Wildman–Crippen LogP) is 2.06. The number of anilines is 1. The van der Waals surface area contributed by atoms with Crippen molar-refractivity contribution >= 4 is 11.6 Å². The van der Waals surface area contributed by atoms with Gasteiger partial charge in [0, 0.05) is 18.8 Å². The summed E-state index contributed by atoms with van der Waals surface area (Å²) >= 11 is 0. The first-order chi connectivity index (χ1) is 9.06. The fourth-order valence-electron chi connectivity index (χ4n) is 2.03. The number of amides is 1. The lowest BCUT2D eigenvalue weighted by Crippen LogP contribution is -2.35. The van der Waals surface area contributed by atoms with E-state index in [2.05, 4.69) is 31.0 Å². The molecule has 0 aliphatic rings. The summed E-state index contributed by atoms with van der Waals surface area (Å²) in [5, 5.41) is 2.94. The number of para-hydroxylation sites is 1. The Kier molecular flexibility index (Phi) is 6.53. The molecule has 1 aromatic rings. The summed E-state index contributed by atoms with van der Waals surface area (Å²) < 4.78 is 0. The van der Waals surface area contributed by atoms with Crippen LogP contribution in [0.1, 0.15) is 26.3 Å². The molecule has 4 heteroatoms. The van der Waals surface area contributed by atoms with Crippen molar-refractivity contribution in [3.05, 3.63) is 29.8 Å². The van der Waals surface area contributed by atoms with Crippen molar-refractivity contribution in [2.45, 2.75) is 27.3 Å². The fraction of sp³-hybridized carbons (Fsp3) is 0.533. The third-order valence-corrected chi connectivity index (χ3v) is 2.95. The van der Waals surface area contributed by atoms with Crippen molar-refractivity contribution in [3.8, 4) is 0 Å². The minimum Gasteiger partial charge on any atom is -0.326 e. The Morgan fingerprint density at radius 3 is 2.63 bits per heavy atom. The molecule has 1 aromatic carbocycles. The second-order valence-electron chi connectivity index (χ2n) is 5.13. The van der Waals surface area contributed by atoms with Gasteiger partial charge in [-0.25, -0.2) is 0 Å². The third kappa shape index (κ3) is 5.41. The van der Waals surface area contributed by atoms with E-state index in [0.717, 1.165) is 24.3 Å². The molecule has 3 N–H and O–H groups in total. The van der Waals surface area contributed by atoms with Gasteiger partial charge in [0.1, 0.15) is 0 Å². The first-order valence-corrected chi connectivity index (χ1v) is 6.87. The van der Waals surface area contributed by atoms with E-state index in [9.17, 15) is 4.79 Å². The molecule has 19 heavy (non-hydrogen) atoms. The number of likely N-dealkylation sites (N-methyl/N-ethyl adjacent to an activating group) is 1. The van der Waals surface area contributed by atoms with Crippen LogP contribution in [0.4, 0.5) is 5.69 Å². The SMILES string of the molecule is CCN(CC(=O)Nc1ccccc1CN)CC(C)C. The standard InChI is InChI=1S/C15H25N3O/c1-4-18(10-12(2)3)11-15(19)17-14-8-6-5-7-13(14)9-16/h5-8,12H,4,9-11,16H2,1-3H3,(H,17,19). The van der Waals surface area contributed by atoms with E-state index in [-0.39, 0.29) is 5.91 Å².